The molecule has 0 unspecified atom stereocenters. The molecule has 0 atom stereocenters. The van der Waals surface area contributed by atoms with Crippen molar-refractivity contribution in [1.29, 1.82) is 0 Å². The van der Waals surface area contributed by atoms with Gasteiger partial charge < -0.3 is 0 Å². The van der Waals surface area contributed by atoms with Crippen molar-refractivity contribution in [3.63, 3.8) is 0 Å². The lowest BCUT2D eigenvalue weighted by molar-refractivity contribution is -0.141. The Hall–Kier alpha value is -3.30. The summed E-state index contributed by atoms with van der Waals surface area (Å²) in [6.07, 6.45) is -8.91. The Kier molecular flexibility index (Phi) is 4.88. The minimum Gasteiger partial charge on any atom is -0.286 e. The molecule has 3 rings (SSSR count). The number of rotatable bonds is 3. The Balaban J connectivity index is 2.08. The maximum Gasteiger partial charge on any atom is 0.433 e. The SMILES string of the molecule is O=c1c(C=Nc2cccc(C(F)(F)F)c2)c(C(F)(F)F)[nH]n1-c1ccccc1. The minimum atomic E-state index is -4.89. The lowest BCUT2D eigenvalue weighted by Gasteiger charge is -2.06. The molecule has 3 aromatic rings. The first-order valence-corrected chi connectivity index (χ1v) is 7.76. The maximum absolute atomic E-state index is 13.3. The number of para-hydroxylation sites is 1. The van der Waals surface area contributed by atoms with Gasteiger partial charge in [0.15, 0.2) is 5.69 Å². The van der Waals surface area contributed by atoms with Gasteiger partial charge in [0.05, 0.1) is 22.5 Å². The highest BCUT2D eigenvalue weighted by Gasteiger charge is 2.37. The number of hydrogen-bond donors (Lipinski definition) is 1. The third kappa shape index (κ3) is 4.00. The van der Waals surface area contributed by atoms with E-state index in [9.17, 15) is 31.1 Å². The van der Waals surface area contributed by atoms with Crippen LogP contribution in [-0.2, 0) is 12.4 Å². The van der Waals surface area contributed by atoms with Crippen LogP contribution < -0.4 is 5.56 Å². The van der Waals surface area contributed by atoms with Gasteiger partial charge in [-0.3, -0.25) is 14.9 Å². The molecule has 1 N–H and O–H groups in total. The van der Waals surface area contributed by atoms with Crippen LogP contribution in [0.25, 0.3) is 5.69 Å². The first kappa shape index (κ1) is 19.5. The van der Waals surface area contributed by atoms with E-state index in [0.717, 1.165) is 12.1 Å². The summed E-state index contributed by atoms with van der Waals surface area (Å²) >= 11 is 0. The van der Waals surface area contributed by atoms with Crippen molar-refractivity contribution in [2.75, 3.05) is 0 Å². The molecule has 1 aromatic heterocycles. The van der Waals surface area contributed by atoms with E-state index in [2.05, 4.69) is 4.99 Å². The molecule has 1 heterocycles. The number of aliphatic imine (C=N–C) groups is 1. The number of benzene rings is 2. The largest absolute Gasteiger partial charge is 0.433 e. The van der Waals surface area contributed by atoms with Gasteiger partial charge in [-0.2, -0.15) is 26.3 Å². The van der Waals surface area contributed by atoms with Gasteiger partial charge in [-0.25, -0.2) is 4.68 Å². The van der Waals surface area contributed by atoms with E-state index in [1.165, 1.54) is 30.3 Å². The van der Waals surface area contributed by atoms with Crippen molar-refractivity contribution in [1.82, 2.24) is 9.78 Å². The normalized spacial score (nSPS) is 12.6. The van der Waals surface area contributed by atoms with Crippen LogP contribution in [0.1, 0.15) is 16.8 Å². The number of hydrogen-bond acceptors (Lipinski definition) is 2. The van der Waals surface area contributed by atoms with E-state index in [0.29, 0.717) is 17.0 Å². The first-order valence-electron chi connectivity index (χ1n) is 7.76. The molecule has 146 valence electrons. The summed E-state index contributed by atoms with van der Waals surface area (Å²) < 4.78 is 78.9. The zero-order valence-corrected chi connectivity index (χ0v) is 13.8. The molecule has 0 fully saturated rings. The summed E-state index contributed by atoms with van der Waals surface area (Å²) in [6.45, 7) is 0. The molecule has 0 aliphatic rings. The smallest absolute Gasteiger partial charge is 0.286 e. The fourth-order valence-electron chi connectivity index (χ4n) is 2.45. The standard InChI is InChI=1S/C18H11F6N3O/c19-17(20,21)11-5-4-6-12(9-11)25-10-14-15(18(22,23)24)26-27(16(14)28)13-7-2-1-3-8-13/h1-10,26H. The number of nitrogens with one attached hydrogen (secondary N) is 1. The monoisotopic (exact) mass is 399 g/mol. The Morgan fingerprint density at radius 2 is 1.57 bits per heavy atom. The van der Waals surface area contributed by atoms with Crippen molar-refractivity contribution in [2.24, 2.45) is 4.99 Å². The van der Waals surface area contributed by atoms with Gasteiger partial charge in [-0.1, -0.05) is 24.3 Å². The van der Waals surface area contributed by atoms with Crippen molar-refractivity contribution in [3.8, 4) is 5.69 Å². The third-order valence-corrected chi connectivity index (χ3v) is 3.74. The van der Waals surface area contributed by atoms with Gasteiger partial charge in [-0.15, -0.1) is 0 Å². The zero-order valence-electron chi connectivity index (χ0n) is 13.8. The average molecular weight is 399 g/mol. The summed E-state index contributed by atoms with van der Waals surface area (Å²) in [5.41, 5.74) is -4.28. The van der Waals surface area contributed by atoms with E-state index < -0.39 is 34.7 Å². The van der Waals surface area contributed by atoms with Gasteiger partial charge in [0.2, 0.25) is 0 Å². The molecule has 4 nitrogen and oxygen atoms in total. The topological polar surface area (TPSA) is 50.1 Å². The van der Waals surface area contributed by atoms with Crippen LogP contribution in [0.15, 0.2) is 64.4 Å². The highest BCUT2D eigenvalue weighted by Crippen LogP contribution is 2.32. The van der Waals surface area contributed by atoms with E-state index in [1.54, 1.807) is 6.07 Å². The molecule has 28 heavy (non-hydrogen) atoms. The van der Waals surface area contributed by atoms with Crippen molar-refractivity contribution < 1.29 is 26.3 Å². The number of nitrogens with zero attached hydrogens (tertiary/aromatic N) is 2. The van der Waals surface area contributed by atoms with E-state index in [1.807, 2.05) is 5.10 Å². The van der Waals surface area contributed by atoms with Crippen LogP contribution in [0.5, 0.6) is 0 Å². The van der Waals surface area contributed by atoms with E-state index >= 15 is 0 Å². The van der Waals surface area contributed by atoms with Crippen molar-refractivity contribution >= 4 is 11.9 Å². The summed E-state index contributed by atoms with van der Waals surface area (Å²) in [7, 11) is 0. The number of H-pyrrole nitrogens is 1. The first-order chi connectivity index (χ1) is 13.1. The minimum absolute atomic E-state index is 0.164. The van der Waals surface area contributed by atoms with Crippen LogP contribution >= 0.6 is 0 Å². The molecule has 0 aliphatic heterocycles. The number of halogens is 6. The lowest BCUT2D eigenvalue weighted by Crippen LogP contribution is -2.17. The predicted molar refractivity (Wildman–Crippen MR) is 90.1 cm³/mol. The highest BCUT2D eigenvalue weighted by atomic mass is 19.4. The molecule has 0 radical (unpaired) electrons. The fourth-order valence-corrected chi connectivity index (χ4v) is 2.45. The second kappa shape index (κ2) is 7.02. The Morgan fingerprint density at radius 3 is 2.18 bits per heavy atom. The number of aromatic amines is 1. The second-order valence-corrected chi connectivity index (χ2v) is 5.68. The summed E-state index contributed by atoms with van der Waals surface area (Å²) in [5, 5.41) is 1.99. The second-order valence-electron chi connectivity index (χ2n) is 5.68. The molecule has 10 heteroatoms. The van der Waals surface area contributed by atoms with Crippen LogP contribution in [0.4, 0.5) is 32.0 Å². The molecule has 2 aromatic carbocycles. The third-order valence-electron chi connectivity index (χ3n) is 3.74. The van der Waals surface area contributed by atoms with Gasteiger partial charge in [0.1, 0.15) is 0 Å². The molecular formula is C18H11F6N3O. The van der Waals surface area contributed by atoms with Crippen LogP contribution in [0.3, 0.4) is 0 Å². The van der Waals surface area contributed by atoms with E-state index in [-0.39, 0.29) is 11.4 Å². The molecule has 0 spiro atoms. The fraction of sp³-hybridized carbons (Fsp3) is 0.111. The van der Waals surface area contributed by atoms with Crippen molar-refractivity contribution in [2.45, 2.75) is 12.4 Å². The van der Waals surface area contributed by atoms with Gasteiger partial charge in [-0.05, 0) is 30.3 Å². The van der Waals surface area contributed by atoms with E-state index in [4.69, 9.17) is 0 Å². The maximum atomic E-state index is 13.3. The van der Waals surface area contributed by atoms with Crippen molar-refractivity contribution in [3.05, 3.63) is 81.8 Å². The number of aromatic nitrogens is 2. The molecule has 0 bridgehead atoms. The van der Waals surface area contributed by atoms with Crippen LogP contribution in [0.2, 0.25) is 0 Å². The zero-order chi connectivity index (χ0) is 20.5. The molecule has 0 aliphatic carbocycles. The van der Waals surface area contributed by atoms with Gasteiger partial charge in [0.25, 0.3) is 5.56 Å². The summed E-state index contributed by atoms with van der Waals surface area (Å²) in [4.78, 5) is 16.1. The van der Waals surface area contributed by atoms with Gasteiger partial charge >= 0.3 is 12.4 Å². The summed E-state index contributed by atoms with van der Waals surface area (Å²) in [5.74, 6) is 0. The molecule has 0 saturated heterocycles. The Morgan fingerprint density at radius 1 is 0.893 bits per heavy atom. The highest BCUT2D eigenvalue weighted by molar-refractivity contribution is 5.83. The molecule has 0 amide bonds. The lowest BCUT2D eigenvalue weighted by atomic mass is 10.2. The molecule has 0 saturated carbocycles. The molecular weight excluding hydrogens is 388 g/mol. The summed E-state index contributed by atoms with van der Waals surface area (Å²) in [6, 6.07) is 11.3. The predicted octanol–water partition coefficient (Wildman–Crippen LogP) is 4.95. The van der Waals surface area contributed by atoms with Crippen LogP contribution in [0, 0.1) is 0 Å². The Labute approximate surface area is 153 Å². The average Bonchev–Trinajstić information content (AvgIpc) is 2.97. The quantitative estimate of drug-likeness (QED) is 0.492. The Bertz CT molecular complexity index is 1060. The van der Waals surface area contributed by atoms with Gasteiger partial charge in [0, 0.05) is 6.21 Å². The van der Waals surface area contributed by atoms with Crippen LogP contribution in [-0.4, -0.2) is 16.0 Å². The number of alkyl halides is 6.